The molecule has 2 aliphatic rings. The molecule has 0 unspecified atom stereocenters. The van der Waals surface area contributed by atoms with Crippen LogP contribution in [0.15, 0.2) is 53.6 Å². The van der Waals surface area contributed by atoms with Crippen molar-refractivity contribution in [1.82, 2.24) is 14.9 Å². The first-order valence-electron chi connectivity index (χ1n) is 16.1. The van der Waals surface area contributed by atoms with Crippen LogP contribution in [-0.2, 0) is 21.1 Å². The Hall–Kier alpha value is -4.23. The lowest BCUT2D eigenvalue weighted by molar-refractivity contribution is 0.0284. The van der Waals surface area contributed by atoms with E-state index in [1.54, 1.807) is 65.9 Å². The second kappa shape index (κ2) is 14.9. The predicted molar refractivity (Wildman–Crippen MR) is 184 cm³/mol. The quantitative estimate of drug-likeness (QED) is 0.291. The summed E-state index contributed by atoms with van der Waals surface area (Å²) in [6, 6.07) is 11.4. The molecular weight excluding hydrogens is 634 g/mol. The molecule has 4 bridgehead atoms. The third kappa shape index (κ3) is 9.01. The standard InChI is InChI=1S/C35H47N5O7S/c1-34(2,3)47-33(43)40(6)22-24-12-11-14-27-30(24)46-19-10-8-7-9-13-25(41)20-35(4,5)48(44,45)26-17-15-23(16-18-26)28-21-37-31(36)29(38-28)32(42)39-27/h11-12,14-18,21,25,41H,7-10,13,19-20,22H2,1-6H3,(H2,36,37)(H,39,42)/t25-/m0/s1. The zero-order valence-corrected chi connectivity index (χ0v) is 29.4. The Balaban J connectivity index is 1.70. The summed E-state index contributed by atoms with van der Waals surface area (Å²) in [5, 5.41) is 13.6. The number of aromatic nitrogens is 2. The van der Waals surface area contributed by atoms with E-state index in [2.05, 4.69) is 15.3 Å². The Morgan fingerprint density at radius 2 is 1.81 bits per heavy atom. The van der Waals surface area contributed by atoms with Crippen LogP contribution in [0.25, 0.3) is 11.3 Å². The molecule has 0 fully saturated rings. The largest absolute Gasteiger partial charge is 0.491 e. The van der Waals surface area contributed by atoms with Gasteiger partial charge in [0.15, 0.2) is 21.3 Å². The number of aliphatic hydroxyl groups excluding tert-OH is 1. The molecule has 0 spiro atoms. The van der Waals surface area contributed by atoms with Crippen molar-refractivity contribution < 1.29 is 32.6 Å². The summed E-state index contributed by atoms with van der Waals surface area (Å²) in [5.41, 5.74) is 7.19. The zero-order valence-electron chi connectivity index (χ0n) is 28.6. The number of anilines is 2. The highest BCUT2D eigenvalue weighted by atomic mass is 32.2. The Labute approximate surface area is 283 Å². The molecule has 12 nitrogen and oxygen atoms in total. The van der Waals surface area contributed by atoms with Gasteiger partial charge in [-0.25, -0.2) is 23.2 Å². The number of carbonyl (C=O) groups excluding carboxylic acids is 2. The van der Waals surface area contributed by atoms with Crippen molar-refractivity contribution in [3.63, 3.8) is 0 Å². The van der Waals surface area contributed by atoms with Gasteiger partial charge in [-0.1, -0.05) is 43.5 Å². The van der Waals surface area contributed by atoms with Gasteiger partial charge >= 0.3 is 6.09 Å². The molecule has 0 saturated heterocycles. The van der Waals surface area contributed by atoms with Gasteiger partial charge in [0.2, 0.25) is 0 Å². The monoisotopic (exact) mass is 681 g/mol. The SMILES string of the molecule is CN(Cc1cccc2c1OCCCCCC[C@H](O)CC(C)(C)S(=O)(=O)c1ccc(cc1)-c1cnc(N)c(n1)C(=O)N2)C(=O)OC(C)(C)C. The van der Waals surface area contributed by atoms with Crippen molar-refractivity contribution in [3.8, 4) is 17.0 Å². The van der Waals surface area contributed by atoms with E-state index in [1.807, 2.05) is 6.07 Å². The Kier molecular flexibility index (Phi) is 11.4. The van der Waals surface area contributed by atoms with Gasteiger partial charge in [0.25, 0.3) is 5.91 Å². The van der Waals surface area contributed by atoms with E-state index in [1.165, 1.54) is 23.2 Å². The molecule has 3 aromatic rings. The lowest BCUT2D eigenvalue weighted by Gasteiger charge is -2.27. The van der Waals surface area contributed by atoms with E-state index >= 15 is 0 Å². The first-order valence-corrected chi connectivity index (χ1v) is 17.6. The molecule has 2 aliphatic heterocycles. The number of hydrogen-bond acceptors (Lipinski definition) is 10. The van der Waals surface area contributed by atoms with Crippen LogP contribution in [0.5, 0.6) is 5.75 Å². The van der Waals surface area contributed by atoms with Gasteiger partial charge in [-0.15, -0.1) is 0 Å². The summed E-state index contributed by atoms with van der Waals surface area (Å²) in [6.07, 6.45) is 3.75. The van der Waals surface area contributed by atoms with Crippen LogP contribution in [0, 0.1) is 0 Å². The summed E-state index contributed by atoms with van der Waals surface area (Å²) in [7, 11) is -2.15. The van der Waals surface area contributed by atoms with Crippen LogP contribution in [0.4, 0.5) is 16.3 Å². The number of nitrogens with two attached hydrogens (primary N) is 1. The fourth-order valence-electron chi connectivity index (χ4n) is 5.44. The predicted octanol–water partition coefficient (Wildman–Crippen LogP) is 5.99. The Bertz CT molecular complexity index is 1720. The molecule has 2 aromatic carbocycles. The molecule has 5 rings (SSSR count). The Morgan fingerprint density at radius 3 is 2.50 bits per heavy atom. The summed E-state index contributed by atoms with van der Waals surface area (Å²) in [6.45, 7) is 9.13. The number of aliphatic hydroxyl groups is 1. The number of amides is 2. The fourth-order valence-corrected chi connectivity index (χ4v) is 6.98. The number of hydrogen-bond donors (Lipinski definition) is 3. The lowest BCUT2D eigenvalue weighted by atomic mass is 10.00. The highest BCUT2D eigenvalue weighted by Gasteiger charge is 2.37. The fraction of sp³-hybridized carbons (Fsp3) is 0.486. The van der Waals surface area contributed by atoms with Crippen LogP contribution < -0.4 is 15.8 Å². The minimum absolute atomic E-state index is 0.0894. The van der Waals surface area contributed by atoms with Crippen LogP contribution in [-0.4, -0.2) is 70.5 Å². The summed E-state index contributed by atoms with van der Waals surface area (Å²) < 4.78 is 37.7. The number of rotatable bonds is 2. The normalized spacial score (nSPS) is 18.6. The van der Waals surface area contributed by atoms with Crippen molar-refractivity contribution in [3.05, 3.63) is 59.9 Å². The molecule has 48 heavy (non-hydrogen) atoms. The van der Waals surface area contributed by atoms with Gasteiger partial charge in [0.05, 0.1) is 46.5 Å². The van der Waals surface area contributed by atoms with E-state index in [0.29, 0.717) is 47.7 Å². The molecule has 4 N–H and O–H groups in total. The minimum atomic E-state index is -3.78. The molecule has 1 aromatic heterocycles. The third-order valence-corrected chi connectivity index (χ3v) is 10.6. The van der Waals surface area contributed by atoms with Crippen molar-refractivity contribution in [2.24, 2.45) is 0 Å². The van der Waals surface area contributed by atoms with Crippen molar-refractivity contribution in [2.75, 3.05) is 24.7 Å². The number of ether oxygens (including phenoxy) is 2. The van der Waals surface area contributed by atoms with Gasteiger partial charge in [-0.2, -0.15) is 0 Å². The number of benzene rings is 2. The first-order chi connectivity index (χ1) is 22.5. The third-order valence-electron chi connectivity index (χ3n) is 8.07. The summed E-state index contributed by atoms with van der Waals surface area (Å²) in [4.78, 5) is 36.6. The van der Waals surface area contributed by atoms with Gasteiger partial charge < -0.3 is 30.5 Å². The molecule has 0 aliphatic carbocycles. The average molecular weight is 682 g/mol. The molecular formula is C35H47N5O7S. The highest BCUT2D eigenvalue weighted by molar-refractivity contribution is 7.92. The summed E-state index contributed by atoms with van der Waals surface area (Å²) >= 11 is 0. The molecule has 3 heterocycles. The van der Waals surface area contributed by atoms with E-state index in [4.69, 9.17) is 15.2 Å². The molecule has 0 radical (unpaired) electrons. The second-order valence-corrected chi connectivity index (χ2v) is 16.4. The number of sulfone groups is 1. The van der Waals surface area contributed by atoms with Gasteiger partial charge in [0.1, 0.15) is 11.4 Å². The van der Waals surface area contributed by atoms with Crippen LogP contribution >= 0.6 is 0 Å². The lowest BCUT2D eigenvalue weighted by Crippen LogP contribution is -2.36. The number of carbonyl (C=O) groups is 2. The smallest absolute Gasteiger partial charge is 0.410 e. The molecule has 2 amide bonds. The number of nitrogens with zero attached hydrogens (tertiary/aromatic N) is 3. The second-order valence-electron chi connectivity index (χ2n) is 13.8. The molecule has 1 atom stereocenters. The maximum atomic E-state index is 13.6. The summed E-state index contributed by atoms with van der Waals surface area (Å²) in [5.74, 6) is -0.306. The topological polar surface area (TPSA) is 174 Å². The van der Waals surface area contributed by atoms with Crippen molar-refractivity contribution >= 4 is 33.3 Å². The number of fused-ring (bicyclic) bond motifs is 13. The van der Waals surface area contributed by atoms with E-state index in [9.17, 15) is 23.1 Å². The number of para-hydroxylation sites is 1. The van der Waals surface area contributed by atoms with Gasteiger partial charge in [-0.05, 0) is 72.1 Å². The number of nitrogens with one attached hydrogen (secondary N) is 1. The van der Waals surface area contributed by atoms with Crippen LogP contribution in [0.2, 0.25) is 0 Å². The molecule has 0 saturated carbocycles. The van der Waals surface area contributed by atoms with Crippen molar-refractivity contribution in [1.29, 1.82) is 0 Å². The van der Waals surface area contributed by atoms with Crippen molar-refractivity contribution in [2.45, 2.75) is 101 Å². The first kappa shape index (κ1) is 36.6. The molecule has 260 valence electrons. The zero-order chi connectivity index (χ0) is 35.3. The highest BCUT2D eigenvalue weighted by Crippen LogP contribution is 2.34. The van der Waals surface area contributed by atoms with E-state index in [0.717, 1.165) is 19.3 Å². The minimum Gasteiger partial charge on any atom is -0.491 e. The maximum Gasteiger partial charge on any atom is 0.410 e. The van der Waals surface area contributed by atoms with Gasteiger partial charge in [0, 0.05) is 18.2 Å². The average Bonchev–Trinajstić information content (AvgIpc) is 3.00. The van der Waals surface area contributed by atoms with Gasteiger partial charge in [-0.3, -0.25) is 4.79 Å². The van der Waals surface area contributed by atoms with E-state index in [-0.39, 0.29) is 29.4 Å². The van der Waals surface area contributed by atoms with Crippen LogP contribution in [0.1, 0.15) is 89.2 Å². The number of nitrogen functional groups attached to an aromatic ring is 1. The molecule has 13 heteroatoms. The Morgan fingerprint density at radius 1 is 1.12 bits per heavy atom. The maximum absolute atomic E-state index is 13.6. The van der Waals surface area contributed by atoms with E-state index < -0.39 is 38.3 Å². The van der Waals surface area contributed by atoms with Crippen LogP contribution in [0.3, 0.4) is 0 Å².